The van der Waals surface area contributed by atoms with Crippen molar-refractivity contribution in [2.75, 3.05) is 0 Å². The summed E-state index contributed by atoms with van der Waals surface area (Å²) in [4.78, 5) is 42.5. The summed E-state index contributed by atoms with van der Waals surface area (Å²) in [7, 11) is 0. The van der Waals surface area contributed by atoms with Crippen molar-refractivity contribution in [2.45, 2.75) is 6.61 Å². The van der Waals surface area contributed by atoms with Crippen LogP contribution in [0.3, 0.4) is 0 Å². The minimum absolute atomic E-state index is 0.00735. The van der Waals surface area contributed by atoms with Crippen molar-refractivity contribution < 1.29 is 23.5 Å². The quantitative estimate of drug-likeness (QED) is 0.398. The van der Waals surface area contributed by atoms with E-state index in [2.05, 4.69) is 4.98 Å². The number of carbonyl (C=O) groups excluding carboxylic acids is 3. The highest BCUT2D eigenvalue weighted by Crippen LogP contribution is 2.34. The molecule has 7 heteroatoms. The van der Waals surface area contributed by atoms with Crippen LogP contribution < -0.4 is 0 Å². The molecule has 0 radical (unpaired) electrons. The highest BCUT2D eigenvalue weighted by atomic mass is 35.5. The van der Waals surface area contributed by atoms with Crippen LogP contribution in [0.15, 0.2) is 65.1 Å². The summed E-state index contributed by atoms with van der Waals surface area (Å²) in [6.07, 6.45) is 0. The number of para-hydroxylation sites is 2. The van der Waals surface area contributed by atoms with Gasteiger partial charge < -0.3 is 9.15 Å². The molecular weight excluding hydrogens is 406 g/mol. The third-order valence-electron chi connectivity index (χ3n) is 4.91. The second-order valence-electron chi connectivity index (χ2n) is 6.70. The fourth-order valence-corrected chi connectivity index (χ4v) is 3.82. The fourth-order valence-electron chi connectivity index (χ4n) is 3.49. The molecule has 6 nitrogen and oxygen atoms in total. The van der Waals surface area contributed by atoms with Gasteiger partial charge in [0.15, 0.2) is 23.8 Å². The van der Waals surface area contributed by atoms with Crippen LogP contribution in [0.5, 0.6) is 0 Å². The van der Waals surface area contributed by atoms with Gasteiger partial charge in [-0.05, 0) is 24.3 Å². The van der Waals surface area contributed by atoms with Crippen molar-refractivity contribution >= 4 is 40.2 Å². The SMILES string of the molecule is O=C(OCc1nc2ccccc2o1)c1ccc2c(c1Cl)C(=O)c1ccccc1C2=O. The topological polar surface area (TPSA) is 86.5 Å². The lowest BCUT2D eigenvalue weighted by Crippen LogP contribution is -2.22. The van der Waals surface area contributed by atoms with Gasteiger partial charge in [0.1, 0.15) is 5.52 Å². The zero-order chi connectivity index (χ0) is 20.8. The number of carbonyl (C=O) groups is 3. The van der Waals surface area contributed by atoms with Crippen LogP contribution in [-0.2, 0) is 11.3 Å². The van der Waals surface area contributed by atoms with E-state index in [4.69, 9.17) is 20.8 Å². The van der Waals surface area contributed by atoms with Crippen LogP contribution in [0.1, 0.15) is 48.1 Å². The molecule has 0 fully saturated rings. The van der Waals surface area contributed by atoms with E-state index < -0.39 is 11.8 Å². The Morgan fingerprint density at radius 2 is 1.60 bits per heavy atom. The summed E-state index contributed by atoms with van der Waals surface area (Å²) in [5, 5.41) is -0.108. The fraction of sp³-hybridized carbons (Fsp3) is 0.0435. The number of fused-ring (bicyclic) bond motifs is 3. The second-order valence-corrected chi connectivity index (χ2v) is 7.08. The Bertz CT molecular complexity index is 1340. The van der Waals surface area contributed by atoms with Gasteiger partial charge in [-0.1, -0.05) is 48.0 Å². The van der Waals surface area contributed by atoms with Gasteiger partial charge in [-0.2, -0.15) is 0 Å². The third kappa shape index (κ3) is 2.81. The Kier molecular flexibility index (Phi) is 4.22. The molecule has 1 heterocycles. The minimum Gasteiger partial charge on any atom is -0.452 e. The van der Waals surface area contributed by atoms with Crippen LogP contribution in [0.25, 0.3) is 11.1 Å². The molecule has 0 saturated carbocycles. The van der Waals surface area contributed by atoms with Gasteiger partial charge in [-0.15, -0.1) is 0 Å². The van der Waals surface area contributed by atoms with Crippen molar-refractivity contribution in [3.63, 3.8) is 0 Å². The highest BCUT2D eigenvalue weighted by molar-refractivity contribution is 6.41. The lowest BCUT2D eigenvalue weighted by atomic mass is 9.83. The zero-order valence-electron chi connectivity index (χ0n) is 15.3. The molecule has 5 rings (SSSR count). The maximum absolute atomic E-state index is 12.9. The number of aromatic nitrogens is 1. The molecule has 0 aliphatic heterocycles. The standard InChI is InChI=1S/C23H12ClNO5/c24-20-15(23(28)29-11-18-25-16-7-3-4-8-17(16)30-18)10-9-14-19(20)22(27)13-6-2-1-5-12(13)21(14)26/h1-10H,11H2. The number of oxazole rings is 1. The number of rotatable bonds is 3. The van der Waals surface area contributed by atoms with E-state index >= 15 is 0 Å². The first-order valence-corrected chi connectivity index (χ1v) is 9.45. The van der Waals surface area contributed by atoms with E-state index in [1.54, 1.807) is 36.4 Å². The van der Waals surface area contributed by atoms with Crippen LogP contribution in [0, 0.1) is 0 Å². The number of halogens is 1. The molecular formula is C23H12ClNO5. The van der Waals surface area contributed by atoms with Gasteiger partial charge in [-0.3, -0.25) is 9.59 Å². The summed E-state index contributed by atoms with van der Waals surface area (Å²) in [6.45, 7) is -0.198. The minimum atomic E-state index is -0.746. The van der Waals surface area contributed by atoms with Crippen molar-refractivity contribution in [2.24, 2.45) is 0 Å². The Labute approximate surface area is 175 Å². The first-order chi connectivity index (χ1) is 14.5. The zero-order valence-corrected chi connectivity index (χ0v) is 16.1. The predicted octanol–water partition coefficient (Wildman–Crippen LogP) is 4.61. The first-order valence-electron chi connectivity index (χ1n) is 9.07. The molecule has 0 amide bonds. The van der Waals surface area contributed by atoms with Crippen LogP contribution in [0.2, 0.25) is 5.02 Å². The average molecular weight is 418 g/mol. The Morgan fingerprint density at radius 3 is 2.37 bits per heavy atom. The van der Waals surface area contributed by atoms with E-state index in [-0.39, 0.29) is 45.6 Å². The maximum Gasteiger partial charge on any atom is 0.340 e. The smallest absolute Gasteiger partial charge is 0.340 e. The highest BCUT2D eigenvalue weighted by Gasteiger charge is 2.33. The summed E-state index contributed by atoms with van der Waals surface area (Å²) < 4.78 is 10.8. The normalized spacial score (nSPS) is 12.6. The molecule has 0 N–H and O–H groups in total. The summed E-state index contributed by atoms with van der Waals surface area (Å²) in [6, 6.07) is 16.5. The number of hydrogen-bond acceptors (Lipinski definition) is 6. The Morgan fingerprint density at radius 1 is 0.900 bits per heavy atom. The Balaban J connectivity index is 1.45. The van der Waals surface area contributed by atoms with Gasteiger partial charge in [0.05, 0.1) is 16.1 Å². The molecule has 3 aromatic carbocycles. The molecule has 1 aromatic heterocycles. The Hall–Kier alpha value is -3.77. The molecule has 146 valence electrons. The van der Waals surface area contributed by atoms with E-state index in [1.165, 1.54) is 12.1 Å². The van der Waals surface area contributed by atoms with Gasteiger partial charge in [-0.25, -0.2) is 9.78 Å². The van der Waals surface area contributed by atoms with E-state index in [0.29, 0.717) is 16.7 Å². The summed E-state index contributed by atoms with van der Waals surface area (Å²) in [5.41, 5.74) is 1.98. The average Bonchev–Trinajstić information content (AvgIpc) is 3.19. The van der Waals surface area contributed by atoms with Gasteiger partial charge in [0.2, 0.25) is 5.89 Å². The largest absolute Gasteiger partial charge is 0.452 e. The molecule has 0 unspecified atom stereocenters. The number of benzene rings is 3. The second kappa shape index (κ2) is 6.93. The number of ketones is 2. The van der Waals surface area contributed by atoms with Crippen molar-refractivity contribution in [1.29, 1.82) is 0 Å². The molecule has 0 saturated heterocycles. The van der Waals surface area contributed by atoms with Gasteiger partial charge in [0.25, 0.3) is 0 Å². The lowest BCUT2D eigenvalue weighted by Gasteiger charge is -2.19. The van der Waals surface area contributed by atoms with Crippen molar-refractivity contribution in [1.82, 2.24) is 4.98 Å². The number of ether oxygens (including phenoxy) is 1. The molecule has 0 atom stereocenters. The number of esters is 1. The lowest BCUT2D eigenvalue weighted by molar-refractivity contribution is 0.0440. The van der Waals surface area contributed by atoms with Crippen molar-refractivity contribution in [3.05, 3.63) is 99.4 Å². The van der Waals surface area contributed by atoms with Gasteiger partial charge >= 0.3 is 5.97 Å². The molecule has 0 spiro atoms. The summed E-state index contributed by atoms with van der Waals surface area (Å²) >= 11 is 6.38. The predicted molar refractivity (Wildman–Crippen MR) is 108 cm³/mol. The molecule has 4 aromatic rings. The summed E-state index contributed by atoms with van der Waals surface area (Å²) in [5.74, 6) is -1.23. The number of hydrogen-bond donors (Lipinski definition) is 0. The molecule has 1 aliphatic carbocycles. The van der Waals surface area contributed by atoms with E-state index in [9.17, 15) is 14.4 Å². The molecule has 30 heavy (non-hydrogen) atoms. The number of nitrogens with zero attached hydrogens (tertiary/aromatic N) is 1. The monoisotopic (exact) mass is 417 g/mol. The molecule has 0 bridgehead atoms. The van der Waals surface area contributed by atoms with Crippen LogP contribution in [0.4, 0.5) is 0 Å². The van der Waals surface area contributed by atoms with Crippen LogP contribution >= 0.6 is 11.6 Å². The third-order valence-corrected chi connectivity index (χ3v) is 5.31. The van der Waals surface area contributed by atoms with Gasteiger partial charge in [0, 0.05) is 16.7 Å². The first kappa shape index (κ1) is 18.3. The van der Waals surface area contributed by atoms with E-state index in [0.717, 1.165) is 0 Å². The van der Waals surface area contributed by atoms with Crippen LogP contribution in [-0.4, -0.2) is 22.5 Å². The van der Waals surface area contributed by atoms with E-state index in [1.807, 2.05) is 12.1 Å². The maximum atomic E-state index is 12.9. The van der Waals surface area contributed by atoms with Crippen molar-refractivity contribution in [3.8, 4) is 0 Å². The molecule has 1 aliphatic rings.